The molecule has 1 aliphatic heterocycles. The van der Waals surface area contributed by atoms with Crippen LogP contribution in [0.25, 0.3) is 0 Å². The molecule has 3 rings (SSSR count). The van der Waals surface area contributed by atoms with E-state index in [1.165, 1.54) is 6.20 Å². The molecule has 32 heavy (non-hydrogen) atoms. The van der Waals surface area contributed by atoms with Gasteiger partial charge in [0.2, 0.25) is 11.8 Å². The lowest BCUT2D eigenvalue weighted by Gasteiger charge is -2.37. The zero-order valence-corrected chi connectivity index (χ0v) is 19.2. The largest absolute Gasteiger partial charge is 0.472 e. The Bertz CT molecular complexity index is 903. The molecule has 8 heteroatoms. The SMILES string of the molecule is C[C@H](O)C#Cc1cnc2c(c1)C(=O)N([C@@H](C)CO)C[C@H](C)[C@H](CN(C)C(=O)CC1CC1)O2. The number of pyridine rings is 1. The van der Waals surface area contributed by atoms with E-state index in [1.54, 1.807) is 36.8 Å². The molecule has 0 saturated heterocycles. The molecule has 1 saturated carbocycles. The van der Waals surface area contributed by atoms with Crippen molar-refractivity contribution in [1.29, 1.82) is 0 Å². The van der Waals surface area contributed by atoms with Crippen LogP contribution in [0.2, 0.25) is 0 Å². The Morgan fingerprint density at radius 3 is 2.75 bits per heavy atom. The van der Waals surface area contributed by atoms with E-state index >= 15 is 0 Å². The van der Waals surface area contributed by atoms with Crippen LogP contribution in [0, 0.1) is 23.7 Å². The maximum absolute atomic E-state index is 13.3. The van der Waals surface area contributed by atoms with Gasteiger partial charge in [-0.15, -0.1) is 0 Å². The molecule has 2 heterocycles. The van der Waals surface area contributed by atoms with Gasteiger partial charge in [-0.1, -0.05) is 18.8 Å². The third kappa shape index (κ3) is 5.99. The molecule has 0 aromatic carbocycles. The fourth-order valence-corrected chi connectivity index (χ4v) is 3.67. The summed E-state index contributed by atoms with van der Waals surface area (Å²) >= 11 is 0. The van der Waals surface area contributed by atoms with Gasteiger partial charge in [-0.2, -0.15) is 0 Å². The molecule has 0 spiro atoms. The molecular weight excluding hydrogens is 410 g/mol. The summed E-state index contributed by atoms with van der Waals surface area (Å²) in [4.78, 5) is 33.5. The van der Waals surface area contributed by atoms with Gasteiger partial charge in [0.1, 0.15) is 17.8 Å². The minimum Gasteiger partial charge on any atom is -0.472 e. The molecule has 0 radical (unpaired) electrons. The normalized spacial score (nSPS) is 22.4. The van der Waals surface area contributed by atoms with E-state index in [2.05, 4.69) is 16.8 Å². The molecule has 1 fully saturated rings. The van der Waals surface area contributed by atoms with E-state index in [9.17, 15) is 19.8 Å². The molecule has 0 bridgehead atoms. The second-order valence-electron chi connectivity index (χ2n) is 9.07. The molecule has 0 unspecified atom stereocenters. The van der Waals surface area contributed by atoms with Crippen molar-refractivity contribution >= 4 is 11.8 Å². The standard InChI is InChI=1S/C24H33N3O5/c1-15-12-27(16(2)14-28)24(31)20-9-19(6-5-17(3)29)11-25-23(20)32-21(15)13-26(4)22(30)10-18-7-8-18/h9,11,15-18,21,28-29H,7-8,10,12-14H2,1-4H3/t15-,16-,17-,21-/m0/s1. The van der Waals surface area contributed by atoms with Crippen LogP contribution in [0.15, 0.2) is 12.3 Å². The van der Waals surface area contributed by atoms with E-state index in [1.807, 2.05) is 6.92 Å². The first-order chi connectivity index (χ1) is 15.2. The minimum absolute atomic E-state index is 0.0891. The predicted octanol–water partition coefficient (Wildman–Crippen LogP) is 1.29. The number of amides is 2. The number of carbonyl (C=O) groups excluding carboxylic acids is 2. The number of hydrogen-bond donors (Lipinski definition) is 2. The van der Waals surface area contributed by atoms with Gasteiger partial charge < -0.3 is 24.7 Å². The number of aliphatic hydroxyl groups excluding tert-OH is 2. The summed E-state index contributed by atoms with van der Waals surface area (Å²) in [6.45, 7) is 5.90. The number of aliphatic hydroxyl groups is 2. The van der Waals surface area contributed by atoms with Crippen molar-refractivity contribution in [3.63, 3.8) is 0 Å². The van der Waals surface area contributed by atoms with Crippen molar-refractivity contribution in [2.75, 3.05) is 26.7 Å². The number of nitrogens with zero attached hydrogens (tertiary/aromatic N) is 3. The van der Waals surface area contributed by atoms with Gasteiger partial charge in [0, 0.05) is 37.7 Å². The highest BCUT2D eigenvalue weighted by atomic mass is 16.5. The van der Waals surface area contributed by atoms with Crippen molar-refractivity contribution in [3.05, 3.63) is 23.4 Å². The van der Waals surface area contributed by atoms with E-state index in [-0.39, 0.29) is 41.9 Å². The first-order valence-corrected chi connectivity index (χ1v) is 11.2. The third-order valence-electron chi connectivity index (χ3n) is 5.99. The van der Waals surface area contributed by atoms with Gasteiger partial charge in [0.25, 0.3) is 5.91 Å². The number of aromatic nitrogens is 1. The average Bonchev–Trinajstić information content (AvgIpc) is 3.58. The second kappa shape index (κ2) is 10.3. The van der Waals surface area contributed by atoms with E-state index in [0.717, 1.165) is 12.8 Å². The summed E-state index contributed by atoms with van der Waals surface area (Å²) in [5.74, 6) is 5.86. The van der Waals surface area contributed by atoms with Gasteiger partial charge in [0.15, 0.2) is 0 Å². The second-order valence-corrected chi connectivity index (χ2v) is 9.07. The minimum atomic E-state index is -0.802. The lowest BCUT2D eigenvalue weighted by molar-refractivity contribution is -0.131. The molecule has 174 valence electrons. The van der Waals surface area contributed by atoms with Crippen molar-refractivity contribution in [1.82, 2.24) is 14.8 Å². The monoisotopic (exact) mass is 443 g/mol. The number of rotatable bonds is 6. The number of ether oxygens (including phenoxy) is 1. The highest BCUT2D eigenvalue weighted by Gasteiger charge is 2.35. The van der Waals surface area contributed by atoms with Gasteiger partial charge in [-0.25, -0.2) is 4.98 Å². The fraction of sp³-hybridized carbons (Fsp3) is 0.625. The first kappa shape index (κ1) is 24.0. The Morgan fingerprint density at radius 2 is 2.12 bits per heavy atom. The molecule has 1 aliphatic carbocycles. The summed E-state index contributed by atoms with van der Waals surface area (Å²) < 4.78 is 6.19. The van der Waals surface area contributed by atoms with Crippen molar-refractivity contribution in [2.24, 2.45) is 11.8 Å². The van der Waals surface area contributed by atoms with Gasteiger partial charge >= 0.3 is 0 Å². The van der Waals surface area contributed by atoms with Crippen molar-refractivity contribution < 1.29 is 24.5 Å². The van der Waals surface area contributed by atoms with Crippen LogP contribution in [0.1, 0.15) is 56.0 Å². The molecule has 1 aromatic rings. The lowest BCUT2D eigenvalue weighted by Crippen LogP contribution is -2.50. The fourth-order valence-electron chi connectivity index (χ4n) is 3.67. The summed E-state index contributed by atoms with van der Waals surface area (Å²) in [5.41, 5.74) is 0.742. The van der Waals surface area contributed by atoms with Crippen LogP contribution < -0.4 is 4.74 Å². The van der Waals surface area contributed by atoms with E-state index in [0.29, 0.717) is 31.0 Å². The zero-order chi connectivity index (χ0) is 23.4. The maximum Gasteiger partial charge on any atom is 0.259 e. The number of carbonyl (C=O) groups is 2. The average molecular weight is 444 g/mol. The molecular formula is C24H33N3O5. The van der Waals surface area contributed by atoms with Crippen LogP contribution in [-0.4, -0.2) is 81.8 Å². The highest BCUT2D eigenvalue weighted by molar-refractivity contribution is 5.97. The molecule has 2 amide bonds. The molecule has 4 atom stereocenters. The maximum atomic E-state index is 13.3. The van der Waals surface area contributed by atoms with Crippen molar-refractivity contribution in [2.45, 2.75) is 58.3 Å². The number of likely N-dealkylation sites (N-methyl/N-ethyl adjacent to an activating group) is 1. The lowest BCUT2D eigenvalue weighted by atomic mass is 9.99. The van der Waals surface area contributed by atoms with E-state index < -0.39 is 12.1 Å². The van der Waals surface area contributed by atoms with Crippen LogP contribution in [0.4, 0.5) is 0 Å². The van der Waals surface area contributed by atoms with Gasteiger partial charge in [-0.3, -0.25) is 9.59 Å². The third-order valence-corrected chi connectivity index (χ3v) is 5.99. The predicted molar refractivity (Wildman–Crippen MR) is 119 cm³/mol. The number of fused-ring (bicyclic) bond motifs is 1. The quantitative estimate of drug-likeness (QED) is 0.643. The Labute approximate surface area is 189 Å². The van der Waals surface area contributed by atoms with Crippen LogP contribution in [0.3, 0.4) is 0 Å². The van der Waals surface area contributed by atoms with Crippen molar-refractivity contribution in [3.8, 4) is 17.7 Å². The highest BCUT2D eigenvalue weighted by Crippen LogP contribution is 2.33. The van der Waals surface area contributed by atoms with Crippen LogP contribution in [0.5, 0.6) is 5.88 Å². The Kier molecular flexibility index (Phi) is 7.75. The molecule has 8 nitrogen and oxygen atoms in total. The molecule has 2 aliphatic rings. The van der Waals surface area contributed by atoms with Crippen LogP contribution in [-0.2, 0) is 4.79 Å². The smallest absolute Gasteiger partial charge is 0.259 e. The van der Waals surface area contributed by atoms with E-state index in [4.69, 9.17) is 4.74 Å². The summed E-state index contributed by atoms with van der Waals surface area (Å²) in [6.07, 6.45) is 3.12. The molecule has 2 N–H and O–H groups in total. The summed E-state index contributed by atoms with van der Waals surface area (Å²) in [7, 11) is 1.78. The Balaban J connectivity index is 1.91. The first-order valence-electron chi connectivity index (χ1n) is 11.2. The van der Waals surface area contributed by atoms with Gasteiger partial charge in [0.05, 0.1) is 19.2 Å². The topological polar surface area (TPSA) is 103 Å². The Morgan fingerprint density at radius 1 is 1.41 bits per heavy atom. The summed E-state index contributed by atoms with van der Waals surface area (Å²) in [5, 5.41) is 19.2. The number of hydrogen-bond acceptors (Lipinski definition) is 6. The summed E-state index contributed by atoms with van der Waals surface area (Å²) in [6, 6.07) is 1.21. The Hall–Kier alpha value is -2.63. The van der Waals surface area contributed by atoms with Gasteiger partial charge in [-0.05, 0) is 38.7 Å². The van der Waals surface area contributed by atoms with Crippen LogP contribution >= 0.6 is 0 Å². The molecule has 1 aromatic heterocycles. The zero-order valence-electron chi connectivity index (χ0n) is 19.2.